The lowest BCUT2D eigenvalue weighted by Gasteiger charge is -2.34. The van der Waals surface area contributed by atoms with Crippen LogP contribution in [0.3, 0.4) is 0 Å². The van der Waals surface area contributed by atoms with Gasteiger partial charge in [0.05, 0.1) is 11.4 Å². The third-order valence-corrected chi connectivity index (χ3v) is 7.51. The van der Waals surface area contributed by atoms with Gasteiger partial charge in [-0.05, 0) is 35.9 Å². The van der Waals surface area contributed by atoms with Gasteiger partial charge < -0.3 is 4.90 Å². The Bertz CT molecular complexity index is 944. The van der Waals surface area contributed by atoms with E-state index in [1.54, 1.807) is 11.0 Å². The van der Waals surface area contributed by atoms with E-state index in [0.29, 0.717) is 24.5 Å². The highest BCUT2D eigenvalue weighted by Crippen LogP contribution is 2.28. The van der Waals surface area contributed by atoms with Crippen molar-refractivity contribution >= 4 is 55.1 Å². The van der Waals surface area contributed by atoms with E-state index in [9.17, 15) is 13.2 Å². The largest absolute Gasteiger partial charge is 0.340 e. The van der Waals surface area contributed by atoms with Crippen LogP contribution in [0.4, 0.5) is 0 Å². The average Bonchev–Trinajstić information content (AvgIpc) is 2.65. The van der Waals surface area contributed by atoms with Crippen LogP contribution in [-0.2, 0) is 21.2 Å². The maximum atomic E-state index is 12.8. The Labute approximate surface area is 177 Å². The molecule has 5 nitrogen and oxygen atoms in total. The van der Waals surface area contributed by atoms with E-state index in [1.807, 2.05) is 24.3 Å². The highest BCUT2D eigenvalue weighted by atomic mass is 79.9. The SMILES string of the molecule is O=C(Cc1ccc(Br)cc1)N1CCN(S(=O)(=O)c2cc(Cl)ccc2Cl)CC1. The second-order valence-electron chi connectivity index (χ2n) is 6.16. The van der Waals surface area contributed by atoms with Crippen molar-refractivity contribution < 1.29 is 13.2 Å². The molecule has 0 radical (unpaired) electrons. The first-order chi connectivity index (χ1) is 12.8. The van der Waals surface area contributed by atoms with Crippen molar-refractivity contribution in [3.8, 4) is 0 Å². The van der Waals surface area contributed by atoms with E-state index in [2.05, 4.69) is 15.9 Å². The van der Waals surface area contributed by atoms with Crippen LogP contribution in [0.5, 0.6) is 0 Å². The fraction of sp³-hybridized carbons (Fsp3) is 0.278. The highest BCUT2D eigenvalue weighted by Gasteiger charge is 2.31. The molecule has 27 heavy (non-hydrogen) atoms. The first-order valence-electron chi connectivity index (χ1n) is 8.25. The summed E-state index contributed by atoms with van der Waals surface area (Å²) in [4.78, 5) is 14.2. The van der Waals surface area contributed by atoms with Crippen LogP contribution in [0.15, 0.2) is 51.8 Å². The lowest BCUT2D eigenvalue weighted by molar-refractivity contribution is -0.131. The quantitative estimate of drug-likeness (QED) is 0.653. The van der Waals surface area contributed by atoms with Crippen LogP contribution < -0.4 is 0 Å². The molecule has 1 aliphatic rings. The van der Waals surface area contributed by atoms with Gasteiger partial charge in [0.1, 0.15) is 4.90 Å². The molecule has 3 rings (SSSR count). The zero-order chi connectivity index (χ0) is 19.6. The van der Waals surface area contributed by atoms with E-state index in [-0.39, 0.29) is 28.9 Å². The smallest absolute Gasteiger partial charge is 0.244 e. The van der Waals surface area contributed by atoms with E-state index in [4.69, 9.17) is 23.2 Å². The standard InChI is InChI=1S/C18H17BrCl2N2O3S/c19-14-3-1-13(2-4-14)11-18(24)22-7-9-23(10-8-22)27(25,26)17-12-15(20)5-6-16(17)21/h1-6,12H,7-11H2. The highest BCUT2D eigenvalue weighted by molar-refractivity contribution is 9.10. The topological polar surface area (TPSA) is 57.7 Å². The summed E-state index contributed by atoms with van der Waals surface area (Å²) in [5.74, 6) is -0.0184. The zero-order valence-electron chi connectivity index (χ0n) is 14.2. The molecule has 0 unspecified atom stereocenters. The third-order valence-electron chi connectivity index (χ3n) is 4.37. The van der Waals surface area contributed by atoms with Gasteiger partial charge in [-0.2, -0.15) is 4.31 Å². The number of piperazine rings is 1. The van der Waals surface area contributed by atoms with Crippen LogP contribution in [0.2, 0.25) is 10.0 Å². The first-order valence-corrected chi connectivity index (χ1v) is 11.2. The minimum atomic E-state index is -3.75. The van der Waals surface area contributed by atoms with Gasteiger partial charge in [0.15, 0.2) is 0 Å². The van der Waals surface area contributed by atoms with Crippen LogP contribution in [0, 0.1) is 0 Å². The lowest BCUT2D eigenvalue weighted by Crippen LogP contribution is -2.50. The summed E-state index contributed by atoms with van der Waals surface area (Å²) >= 11 is 15.3. The van der Waals surface area contributed by atoms with Gasteiger partial charge in [-0.25, -0.2) is 8.42 Å². The minimum Gasteiger partial charge on any atom is -0.340 e. The Kier molecular flexibility index (Phi) is 6.48. The molecule has 0 spiro atoms. The van der Waals surface area contributed by atoms with Crippen LogP contribution in [-0.4, -0.2) is 49.7 Å². The van der Waals surface area contributed by atoms with Gasteiger partial charge >= 0.3 is 0 Å². The number of carbonyl (C=O) groups is 1. The molecule has 1 saturated heterocycles. The van der Waals surface area contributed by atoms with Crippen LogP contribution >= 0.6 is 39.1 Å². The summed E-state index contributed by atoms with van der Waals surface area (Å²) in [5.41, 5.74) is 0.920. The minimum absolute atomic E-state index is 0.00805. The third kappa shape index (κ3) is 4.84. The molecular weight excluding hydrogens is 475 g/mol. The molecule has 1 fully saturated rings. The first kappa shape index (κ1) is 20.6. The zero-order valence-corrected chi connectivity index (χ0v) is 18.2. The molecule has 144 valence electrons. The number of nitrogens with zero attached hydrogens (tertiary/aromatic N) is 2. The monoisotopic (exact) mass is 490 g/mol. The summed E-state index contributed by atoms with van der Waals surface area (Å²) in [5, 5.41) is 0.439. The number of sulfonamides is 1. The number of benzene rings is 2. The van der Waals surface area contributed by atoms with E-state index >= 15 is 0 Å². The van der Waals surface area contributed by atoms with E-state index < -0.39 is 10.0 Å². The van der Waals surface area contributed by atoms with Crippen molar-refractivity contribution in [1.29, 1.82) is 0 Å². The summed E-state index contributed by atoms with van der Waals surface area (Å²) in [6.45, 7) is 1.12. The number of hydrogen-bond acceptors (Lipinski definition) is 3. The Morgan fingerprint density at radius 1 is 1.00 bits per heavy atom. The van der Waals surface area contributed by atoms with Crippen molar-refractivity contribution in [2.45, 2.75) is 11.3 Å². The second kappa shape index (κ2) is 8.49. The molecule has 0 aromatic heterocycles. The maximum Gasteiger partial charge on any atom is 0.244 e. The van der Waals surface area contributed by atoms with Crippen LogP contribution in [0.1, 0.15) is 5.56 Å². The van der Waals surface area contributed by atoms with E-state index in [0.717, 1.165) is 10.0 Å². The van der Waals surface area contributed by atoms with Crippen molar-refractivity contribution in [2.24, 2.45) is 0 Å². The molecule has 2 aromatic rings. The molecule has 0 atom stereocenters. The lowest BCUT2D eigenvalue weighted by atomic mass is 10.1. The number of carbonyl (C=O) groups excluding carboxylic acids is 1. The number of halogens is 3. The van der Waals surface area contributed by atoms with Gasteiger partial charge in [-0.3, -0.25) is 4.79 Å². The molecule has 0 aliphatic carbocycles. The average molecular weight is 492 g/mol. The molecule has 1 heterocycles. The Morgan fingerprint density at radius 3 is 2.26 bits per heavy atom. The predicted octanol–water partition coefficient (Wildman–Crippen LogP) is 3.83. The molecule has 0 saturated carbocycles. The van der Waals surface area contributed by atoms with Crippen molar-refractivity contribution in [3.05, 3.63) is 62.5 Å². The number of amides is 1. The van der Waals surface area contributed by atoms with Gasteiger partial charge in [0.2, 0.25) is 15.9 Å². The van der Waals surface area contributed by atoms with Crippen molar-refractivity contribution in [2.75, 3.05) is 26.2 Å². The summed E-state index contributed by atoms with van der Waals surface area (Å²) in [6.07, 6.45) is 0.292. The van der Waals surface area contributed by atoms with Crippen molar-refractivity contribution in [3.63, 3.8) is 0 Å². The fourth-order valence-corrected chi connectivity index (χ4v) is 5.30. The summed E-state index contributed by atoms with van der Waals surface area (Å²) < 4.78 is 28.0. The molecule has 1 amide bonds. The van der Waals surface area contributed by atoms with Gasteiger partial charge in [0.25, 0.3) is 0 Å². The predicted molar refractivity (Wildman–Crippen MR) is 110 cm³/mol. The second-order valence-corrected chi connectivity index (χ2v) is 9.83. The Balaban J connectivity index is 1.65. The number of rotatable bonds is 4. The fourth-order valence-electron chi connectivity index (χ4n) is 2.88. The molecule has 2 aromatic carbocycles. The molecule has 0 N–H and O–H groups in total. The normalized spacial score (nSPS) is 15.7. The van der Waals surface area contributed by atoms with Gasteiger partial charge in [-0.15, -0.1) is 0 Å². The Morgan fingerprint density at radius 2 is 1.63 bits per heavy atom. The molecule has 9 heteroatoms. The van der Waals surface area contributed by atoms with Crippen molar-refractivity contribution in [1.82, 2.24) is 9.21 Å². The van der Waals surface area contributed by atoms with Gasteiger partial charge in [0, 0.05) is 35.7 Å². The van der Waals surface area contributed by atoms with Crippen LogP contribution in [0.25, 0.3) is 0 Å². The summed E-state index contributed by atoms with van der Waals surface area (Å²) in [6, 6.07) is 11.9. The molecular formula is C18H17BrCl2N2O3S. The molecule has 1 aliphatic heterocycles. The Hall–Kier alpha value is -1.12. The van der Waals surface area contributed by atoms with Gasteiger partial charge in [-0.1, -0.05) is 51.3 Å². The maximum absolute atomic E-state index is 12.8. The summed E-state index contributed by atoms with van der Waals surface area (Å²) in [7, 11) is -3.75. The number of hydrogen-bond donors (Lipinski definition) is 0. The van der Waals surface area contributed by atoms with E-state index in [1.165, 1.54) is 16.4 Å². The molecule has 0 bridgehead atoms.